The van der Waals surface area contributed by atoms with E-state index in [0.717, 1.165) is 28.3 Å². The van der Waals surface area contributed by atoms with Crippen molar-refractivity contribution in [2.24, 2.45) is 5.73 Å². The highest BCUT2D eigenvalue weighted by Crippen LogP contribution is 2.49. The number of ketones is 1. The Morgan fingerprint density at radius 1 is 1.00 bits per heavy atom. The summed E-state index contributed by atoms with van der Waals surface area (Å²) in [5, 5.41) is 10.9. The molecule has 0 amide bonds. The molecule has 1 aliphatic carbocycles. The summed E-state index contributed by atoms with van der Waals surface area (Å²) in [6.45, 7) is 5.92. The minimum Gasteiger partial charge on any atom is -0.489 e. The Morgan fingerprint density at radius 3 is 2.37 bits per heavy atom. The number of nitriles is 1. The van der Waals surface area contributed by atoms with E-state index >= 15 is 0 Å². The fraction of sp³-hybridized carbons (Fsp3) is 0.273. The van der Waals surface area contributed by atoms with Crippen LogP contribution >= 0.6 is 23.2 Å². The topological polar surface area (TPSA) is 79.4 Å². The molecule has 2 N–H and O–H groups in total. The van der Waals surface area contributed by atoms with Crippen LogP contribution in [0, 0.1) is 32.1 Å². The molecule has 1 unspecified atom stereocenters. The van der Waals surface area contributed by atoms with Gasteiger partial charge in [-0.3, -0.25) is 9.69 Å². The van der Waals surface area contributed by atoms with Gasteiger partial charge in [-0.15, -0.1) is 0 Å². The average Bonchev–Trinajstić information content (AvgIpc) is 2.93. The number of hydrogen-bond donors (Lipinski definition) is 1. The van der Waals surface area contributed by atoms with Crippen molar-refractivity contribution in [3.05, 3.63) is 115 Å². The van der Waals surface area contributed by atoms with Crippen LogP contribution in [0.3, 0.4) is 0 Å². The molecule has 0 bridgehead atoms. The molecular weight excluding hydrogens is 598 g/mol. The Hall–Kier alpha value is -3.93. The molecule has 0 saturated carbocycles. The summed E-state index contributed by atoms with van der Waals surface area (Å²) in [7, 11) is 0. The second kappa shape index (κ2) is 11.6. The van der Waals surface area contributed by atoms with Crippen LogP contribution in [-0.4, -0.2) is 5.78 Å². The molecule has 5 nitrogen and oxygen atoms in total. The van der Waals surface area contributed by atoms with E-state index in [2.05, 4.69) is 6.07 Å². The number of hydrogen-bond acceptors (Lipinski definition) is 5. The van der Waals surface area contributed by atoms with Crippen LogP contribution in [0.5, 0.6) is 5.75 Å². The Balaban J connectivity index is 1.66. The molecule has 3 aromatic rings. The number of Topliss-reactive ketones (excluding diaryl/α,β-unsaturated/α-hetero) is 1. The molecule has 0 fully saturated rings. The Bertz CT molecular complexity index is 1760. The summed E-state index contributed by atoms with van der Waals surface area (Å²) in [6, 6.07) is 14.7. The van der Waals surface area contributed by atoms with Crippen molar-refractivity contribution < 1.29 is 22.7 Å². The van der Waals surface area contributed by atoms with Gasteiger partial charge in [0.25, 0.3) is 0 Å². The third-order valence-corrected chi connectivity index (χ3v) is 8.44. The molecule has 5 rings (SSSR count). The van der Waals surface area contributed by atoms with Gasteiger partial charge in [0.1, 0.15) is 18.2 Å². The van der Waals surface area contributed by atoms with E-state index in [4.69, 9.17) is 33.7 Å². The van der Waals surface area contributed by atoms with Crippen molar-refractivity contribution >= 4 is 34.7 Å². The molecule has 3 aromatic carbocycles. The van der Waals surface area contributed by atoms with Gasteiger partial charge in [0.2, 0.25) is 0 Å². The van der Waals surface area contributed by atoms with Crippen LogP contribution in [-0.2, 0) is 17.6 Å². The van der Waals surface area contributed by atoms with Gasteiger partial charge in [0.15, 0.2) is 5.78 Å². The molecular formula is C33H28Cl2F3N3O2. The highest BCUT2D eigenvalue weighted by molar-refractivity contribution is 6.31. The third-order valence-electron chi connectivity index (χ3n) is 7.97. The number of allylic oxidation sites excluding steroid dienone is 3. The van der Waals surface area contributed by atoms with E-state index in [1.54, 1.807) is 18.2 Å². The fourth-order valence-corrected chi connectivity index (χ4v) is 6.31. The Morgan fingerprint density at radius 2 is 1.70 bits per heavy atom. The molecule has 43 heavy (non-hydrogen) atoms. The number of halogens is 5. The van der Waals surface area contributed by atoms with Gasteiger partial charge in [-0.05, 0) is 97.8 Å². The van der Waals surface area contributed by atoms with Crippen molar-refractivity contribution in [3.8, 4) is 11.8 Å². The number of anilines is 1. The lowest BCUT2D eigenvalue weighted by atomic mass is 9.74. The second-order valence-corrected chi connectivity index (χ2v) is 11.7. The lowest BCUT2D eigenvalue weighted by Crippen LogP contribution is -2.39. The zero-order chi connectivity index (χ0) is 31.2. The van der Waals surface area contributed by atoms with Crippen molar-refractivity contribution in [2.45, 2.75) is 58.7 Å². The number of carbonyl (C=O) groups is 1. The summed E-state index contributed by atoms with van der Waals surface area (Å²) in [5.41, 5.74) is 10.1. The van der Waals surface area contributed by atoms with Crippen LogP contribution in [0.2, 0.25) is 10.0 Å². The lowest BCUT2D eigenvalue weighted by Gasteiger charge is -2.40. The van der Waals surface area contributed by atoms with Gasteiger partial charge in [0, 0.05) is 27.7 Å². The number of nitrogens with two attached hydrogens (primary N) is 1. The number of aryl methyl sites for hydroxylation is 3. The first-order chi connectivity index (χ1) is 20.3. The number of nitrogens with zero attached hydrogens (tertiary/aromatic N) is 2. The quantitative estimate of drug-likeness (QED) is 0.306. The van der Waals surface area contributed by atoms with E-state index in [1.807, 2.05) is 32.9 Å². The smallest absolute Gasteiger partial charge is 0.418 e. The van der Waals surface area contributed by atoms with Crippen molar-refractivity contribution in [1.29, 1.82) is 5.26 Å². The highest BCUT2D eigenvalue weighted by Gasteiger charge is 2.44. The van der Waals surface area contributed by atoms with Gasteiger partial charge in [-0.25, -0.2) is 0 Å². The second-order valence-electron chi connectivity index (χ2n) is 10.8. The van der Waals surface area contributed by atoms with Crippen LogP contribution in [0.1, 0.15) is 58.6 Å². The molecule has 10 heteroatoms. The maximum atomic E-state index is 14.2. The van der Waals surface area contributed by atoms with E-state index in [-0.39, 0.29) is 46.5 Å². The predicted molar refractivity (Wildman–Crippen MR) is 161 cm³/mol. The zero-order valence-electron chi connectivity index (χ0n) is 23.7. The summed E-state index contributed by atoms with van der Waals surface area (Å²) in [5.74, 6) is -0.559. The highest BCUT2D eigenvalue weighted by atomic mass is 35.5. The fourth-order valence-electron chi connectivity index (χ4n) is 5.92. The molecule has 0 saturated heterocycles. The molecule has 1 atom stereocenters. The molecule has 0 radical (unpaired) electrons. The van der Waals surface area contributed by atoms with Gasteiger partial charge >= 0.3 is 6.18 Å². The van der Waals surface area contributed by atoms with E-state index < -0.39 is 17.7 Å². The summed E-state index contributed by atoms with van der Waals surface area (Å²) >= 11 is 12.0. The Kier molecular flexibility index (Phi) is 8.26. The minimum absolute atomic E-state index is 0.00411. The number of benzene rings is 3. The summed E-state index contributed by atoms with van der Waals surface area (Å²) < 4.78 is 48.7. The maximum Gasteiger partial charge on any atom is 0.418 e. The van der Waals surface area contributed by atoms with Gasteiger partial charge < -0.3 is 10.5 Å². The number of ether oxygens (including phenoxy) is 1. The number of alkyl halides is 3. The van der Waals surface area contributed by atoms with Crippen molar-refractivity contribution in [1.82, 2.24) is 0 Å². The lowest BCUT2D eigenvalue weighted by molar-refractivity contribution is -0.137. The molecule has 2 aliphatic rings. The summed E-state index contributed by atoms with van der Waals surface area (Å²) in [4.78, 5) is 14.8. The molecule has 222 valence electrons. The van der Waals surface area contributed by atoms with Gasteiger partial charge in [0.05, 0.1) is 28.8 Å². The number of rotatable bonds is 5. The van der Waals surface area contributed by atoms with E-state index in [9.17, 15) is 23.2 Å². The predicted octanol–water partition coefficient (Wildman–Crippen LogP) is 8.82. The van der Waals surface area contributed by atoms with Gasteiger partial charge in [-0.1, -0.05) is 35.3 Å². The van der Waals surface area contributed by atoms with Crippen molar-refractivity contribution in [2.75, 3.05) is 4.90 Å². The first-order valence-electron chi connectivity index (χ1n) is 13.6. The van der Waals surface area contributed by atoms with E-state index in [0.29, 0.717) is 34.9 Å². The third kappa shape index (κ3) is 5.72. The Labute approximate surface area is 257 Å². The van der Waals surface area contributed by atoms with Crippen molar-refractivity contribution in [3.63, 3.8) is 0 Å². The molecule has 1 heterocycles. The largest absolute Gasteiger partial charge is 0.489 e. The molecule has 0 spiro atoms. The normalized spacial score (nSPS) is 17.2. The van der Waals surface area contributed by atoms with Crippen LogP contribution in [0.25, 0.3) is 0 Å². The van der Waals surface area contributed by atoms with Crippen LogP contribution in [0.4, 0.5) is 18.9 Å². The SMILES string of the molecule is Cc1cc(C)c(C2C(C#N)=C(N)N(c3ccc(Cl)cc3C(F)(F)F)C3=C2C(=O)CCC3)cc1COc1ccc(Cl)cc1C. The molecule has 1 aliphatic heterocycles. The van der Waals surface area contributed by atoms with E-state index in [1.165, 1.54) is 17.0 Å². The first kappa shape index (κ1) is 30.5. The standard InChI is InChI=1S/C33H28Cl2F3N3O2/c1-17-11-18(2)23(13-20(17)16-43-29-10-8-21(34)12-19(29)3)30-24(15-39)32(40)41(27-5-4-6-28(42)31(27)30)26-9-7-22(35)14-25(26)33(36,37)38/h7-14,30H,4-6,16,40H2,1-3H3. The van der Waals surface area contributed by atoms with Gasteiger partial charge in [-0.2, -0.15) is 18.4 Å². The molecule has 0 aromatic heterocycles. The summed E-state index contributed by atoms with van der Waals surface area (Å²) in [6.07, 6.45) is -3.79. The minimum atomic E-state index is -4.76. The van der Waals surface area contributed by atoms with Crippen LogP contribution in [0.15, 0.2) is 71.2 Å². The number of carbonyl (C=O) groups excluding carboxylic acids is 1. The zero-order valence-corrected chi connectivity index (χ0v) is 25.2. The maximum absolute atomic E-state index is 14.2. The monoisotopic (exact) mass is 625 g/mol. The average molecular weight is 627 g/mol. The van der Waals surface area contributed by atoms with Crippen LogP contribution < -0.4 is 15.4 Å². The first-order valence-corrected chi connectivity index (χ1v) is 14.4.